The molecule has 2 aromatic rings. The van der Waals surface area contributed by atoms with Crippen molar-refractivity contribution >= 4 is 32.8 Å². The van der Waals surface area contributed by atoms with E-state index in [0.29, 0.717) is 17.2 Å². The second-order valence-corrected chi connectivity index (χ2v) is 6.72. The summed E-state index contributed by atoms with van der Waals surface area (Å²) in [6.07, 6.45) is 5.59. The lowest BCUT2D eigenvalue weighted by molar-refractivity contribution is 0.0618. The Balaban J connectivity index is 1.54. The van der Waals surface area contributed by atoms with E-state index in [1.807, 2.05) is 0 Å². The molecule has 3 aliphatic rings. The van der Waals surface area contributed by atoms with Crippen LogP contribution in [0.3, 0.4) is 0 Å². The van der Waals surface area contributed by atoms with E-state index in [0.717, 1.165) is 16.4 Å². The minimum absolute atomic E-state index is 0.0938. The third kappa shape index (κ3) is 2.36. The predicted molar refractivity (Wildman–Crippen MR) is 82.1 cm³/mol. The summed E-state index contributed by atoms with van der Waals surface area (Å²) in [5, 5.41) is 4.03. The van der Waals surface area contributed by atoms with E-state index in [2.05, 4.69) is 31.1 Å². The van der Waals surface area contributed by atoms with E-state index < -0.39 is 0 Å². The van der Waals surface area contributed by atoms with Gasteiger partial charge < -0.3 is 14.6 Å². The molecule has 21 heavy (non-hydrogen) atoms. The summed E-state index contributed by atoms with van der Waals surface area (Å²) >= 11 is 3.42. The van der Waals surface area contributed by atoms with Crippen LogP contribution in [0.2, 0.25) is 0 Å². The SMILES string of the molecule is O=C(N[C@@H]1CN2CCC1CC2)c1cc2c(Br)coc2cn1. The topological polar surface area (TPSA) is 58.4 Å². The molecule has 1 N–H and O–H groups in total. The number of aromatic nitrogens is 1. The van der Waals surface area contributed by atoms with Crippen LogP contribution >= 0.6 is 15.9 Å². The van der Waals surface area contributed by atoms with E-state index in [4.69, 9.17) is 4.42 Å². The van der Waals surface area contributed by atoms with Crippen LogP contribution < -0.4 is 5.32 Å². The number of furan rings is 1. The van der Waals surface area contributed by atoms with E-state index in [1.165, 1.54) is 25.9 Å². The number of halogens is 1. The molecule has 2 bridgehead atoms. The first-order chi connectivity index (χ1) is 10.2. The van der Waals surface area contributed by atoms with Gasteiger partial charge in [0.2, 0.25) is 0 Å². The average molecular weight is 350 g/mol. The summed E-state index contributed by atoms with van der Waals surface area (Å²) in [7, 11) is 0. The fraction of sp³-hybridized carbons (Fsp3) is 0.467. The number of hydrogen-bond donors (Lipinski definition) is 1. The molecule has 3 aliphatic heterocycles. The van der Waals surface area contributed by atoms with Gasteiger partial charge in [-0.05, 0) is 53.8 Å². The van der Waals surface area contributed by atoms with Crippen LogP contribution in [0, 0.1) is 5.92 Å². The Kier molecular flexibility index (Phi) is 3.23. The van der Waals surface area contributed by atoms with Gasteiger partial charge in [-0.15, -0.1) is 0 Å². The maximum absolute atomic E-state index is 12.4. The van der Waals surface area contributed by atoms with Crippen molar-refractivity contribution in [2.75, 3.05) is 19.6 Å². The lowest BCUT2D eigenvalue weighted by Gasteiger charge is -2.44. The fourth-order valence-corrected chi connectivity index (χ4v) is 3.80. The molecule has 0 radical (unpaired) electrons. The quantitative estimate of drug-likeness (QED) is 0.904. The normalized spacial score (nSPS) is 28.0. The molecular formula is C15H16BrN3O2. The molecule has 110 valence electrons. The van der Waals surface area contributed by atoms with Crippen LogP contribution in [0.25, 0.3) is 11.0 Å². The average Bonchev–Trinajstić information content (AvgIpc) is 2.89. The first kappa shape index (κ1) is 13.3. The Hall–Kier alpha value is -1.40. The lowest BCUT2D eigenvalue weighted by Crippen LogP contribution is -2.57. The summed E-state index contributed by atoms with van der Waals surface area (Å²) in [4.78, 5) is 19.1. The zero-order valence-corrected chi connectivity index (χ0v) is 13.1. The van der Waals surface area contributed by atoms with Gasteiger partial charge in [0, 0.05) is 18.0 Å². The first-order valence-corrected chi connectivity index (χ1v) is 8.06. The number of fused-ring (bicyclic) bond motifs is 4. The summed E-state index contributed by atoms with van der Waals surface area (Å²) in [6, 6.07) is 2.03. The van der Waals surface area contributed by atoms with Crippen LogP contribution in [0.4, 0.5) is 0 Å². The van der Waals surface area contributed by atoms with Crippen molar-refractivity contribution in [2.24, 2.45) is 5.92 Å². The Morgan fingerprint density at radius 3 is 2.95 bits per heavy atom. The number of nitrogens with one attached hydrogen (secondary N) is 1. The Morgan fingerprint density at radius 1 is 1.43 bits per heavy atom. The highest BCUT2D eigenvalue weighted by Gasteiger charge is 2.35. The zero-order chi connectivity index (χ0) is 14.4. The van der Waals surface area contributed by atoms with Crippen molar-refractivity contribution in [3.63, 3.8) is 0 Å². The van der Waals surface area contributed by atoms with E-state index in [1.54, 1.807) is 18.5 Å². The van der Waals surface area contributed by atoms with Gasteiger partial charge in [0.15, 0.2) is 5.58 Å². The third-order valence-corrected chi connectivity index (χ3v) is 5.23. The molecule has 5 nitrogen and oxygen atoms in total. The summed E-state index contributed by atoms with van der Waals surface area (Å²) in [5.74, 6) is 0.520. The number of amides is 1. The molecule has 3 fully saturated rings. The smallest absolute Gasteiger partial charge is 0.270 e. The number of pyridine rings is 1. The first-order valence-electron chi connectivity index (χ1n) is 7.26. The maximum atomic E-state index is 12.4. The zero-order valence-electron chi connectivity index (χ0n) is 11.5. The number of rotatable bonds is 2. The molecule has 1 amide bonds. The highest BCUT2D eigenvalue weighted by atomic mass is 79.9. The van der Waals surface area contributed by atoms with E-state index in [-0.39, 0.29) is 11.9 Å². The molecule has 6 heteroatoms. The second-order valence-electron chi connectivity index (χ2n) is 5.87. The van der Waals surface area contributed by atoms with Crippen molar-refractivity contribution < 1.29 is 9.21 Å². The highest BCUT2D eigenvalue weighted by Crippen LogP contribution is 2.28. The summed E-state index contributed by atoms with van der Waals surface area (Å²) < 4.78 is 6.17. The second kappa shape index (κ2) is 5.10. The molecule has 0 unspecified atom stereocenters. The highest BCUT2D eigenvalue weighted by molar-refractivity contribution is 9.10. The van der Waals surface area contributed by atoms with Crippen LogP contribution in [0.5, 0.6) is 0 Å². The van der Waals surface area contributed by atoms with Crippen LogP contribution in [0.15, 0.2) is 27.4 Å². The molecule has 5 heterocycles. The largest absolute Gasteiger partial charge is 0.461 e. The molecular weight excluding hydrogens is 334 g/mol. The van der Waals surface area contributed by atoms with E-state index >= 15 is 0 Å². The van der Waals surface area contributed by atoms with Gasteiger partial charge in [-0.25, -0.2) is 4.98 Å². The van der Waals surface area contributed by atoms with E-state index in [9.17, 15) is 4.79 Å². The number of nitrogens with zero attached hydrogens (tertiary/aromatic N) is 2. The molecule has 0 spiro atoms. The molecule has 2 aromatic heterocycles. The van der Waals surface area contributed by atoms with Gasteiger partial charge in [-0.1, -0.05) is 0 Å². The number of hydrogen-bond acceptors (Lipinski definition) is 4. The van der Waals surface area contributed by atoms with Gasteiger partial charge in [0.25, 0.3) is 5.91 Å². The Morgan fingerprint density at radius 2 is 2.24 bits per heavy atom. The Labute approximate surface area is 130 Å². The van der Waals surface area contributed by atoms with Crippen LogP contribution in [-0.2, 0) is 0 Å². The number of carbonyl (C=O) groups excluding carboxylic acids is 1. The molecule has 1 atom stereocenters. The van der Waals surface area contributed by atoms with Crippen molar-refractivity contribution in [3.05, 3.63) is 28.7 Å². The molecule has 3 saturated heterocycles. The van der Waals surface area contributed by atoms with Gasteiger partial charge in [0.1, 0.15) is 12.0 Å². The Bertz CT molecular complexity index is 691. The standard InChI is InChI=1S/C15H16BrN3O2/c16-11-8-21-14-6-17-12(5-10(11)14)15(20)18-13-7-19-3-1-9(13)2-4-19/h5-6,8-9,13H,1-4,7H2,(H,18,20)/t13-/m1/s1. The van der Waals surface area contributed by atoms with Crippen LogP contribution in [-0.4, -0.2) is 41.5 Å². The summed E-state index contributed by atoms with van der Waals surface area (Å²) in [6.45, 7) is 3.31. The molecule has 5 rings (SSSR count). The number of carbonyl (C=O) groups is 1. The minimum atomic E-state index is -0.0938. The van der Waals surface area contributed by atoms with Gasteiger partial charge >= 0.3 is 0 Å². The van der Waals surface area contributed by atoms with Gasteiger partial charge in [-0.2, -0.15) is 0 Å². The predicted octanol–water partition coefficient (Wildman–Crippen LogP) is 2.41. The molecule has 0 aromatic carbocycles. The monoisotopic (exact) mass is 349 g/mol. The van der Waals surface area contributed by atoms with Crippen molar-refractivity contribution in [1.29, 1.82) is 0 Å². The number of piperidine rings is 3. The van der Waals surface area contributed by atoms with Crippen molar-refractivity contribution in [2.45, 2.75) is 18.9 Å². The fourth-order valence-electron chi connectivity index (χ4n) is 3.40. The molecule has 0 aliphatic carbocycles. The summed E-state index contributed by atoms with van der Waals surface area (Å²) in [5.41, 5.74) is 1.13. The van der Waals surface area contributed by atoms with Crippen molar-refractivity contribution in [3.8, 4) is 0 Å². The maximum Gasteiger partial charge on any atom is 0.270 e. The third-order valence-electron chi connectivity index (χ3n) is 4.62. The minimum Gasteiger partial charge on any atom is -0.461 e. The van der Waals surface area contributed by atoms with Gasteiger partial charge in [0.05, 0.1) is 10.7 Å². The lowest BCUT2D eigenvalue weighted by atomic mass is 9.84. The molecule has 0 saturated carbocycles. The van der Waals surface area contributed by atoms with Crippen molar-refractivity contribution in [1.82, 2.24) is 15.2 Å². The van der Waals surface area contributed by atoms with Crippen LogP contribution in [0.1, 0.15) is 23.3 Å². The van der Waals surface area contributed by atoms with Gasteiger partial charge in [-0.3, -0.25) is 4.79 Å².